The molecule has 1 aromatic carbocycles. The number of rotatable bonds is 1. The second-order valence-corrected chi connectivity index (χ2v) is 3.06. The Morgan fingerprint density at radius 1 is 1.40 bits per heavy atom. The number of benzene rings is 1. The summed E-state index contributed by atoms with van der Waals surface area (Å²) in [6.07, 6.45) is 0. The van der Waals surface area contributed by atoms with Gasteiger partial charge in [0, 0.05) is 10.9 Å². The van der Waals surface area contributed by atoms with Gasteiger partial charge in [-0.15, -0.1) is 0 Å². The van der Waals surface area contributed by atoms with Crippen LogP contribution in [-0.2, 0) is 0 Å². The van der Waals surface area contributed by atoms with Crippen LogP contribution < -0.4 is 22.1 Å². The number of aromatic amines is 1. The van der Waals surface area contributed by atoms with Gasteiger partial charge in [0.05, 0.1) is 0 Å². The Kier molecular flexibility index (Phi) is 2.28. The van der Waals surface area contributed by atoms with Crippen LogP contribution in [-0.4, -0.2) is 11.0 Å². The van der Waals surface area contributed by atoms with Crippen molar-refractivity contribution in [1.29, 1.82) is 0 Å². The number of nitrogens with one attached hydrogen (secondary N) is 2. The molecule has 2 amide bonds. The van der Waals surface area contributed by atoms with Crippen molar-refractivity contribution in [2.24, 2.45) is 11.7 Å². The second-order valence-electron chi connectivity index (χ2n) is 3.06. The predicted molar refractivity (Wildman–Crippen MR) is 57.7 cm³/mol. The van der Waals surface area contributed by atoms with Crippen LogP contribution in [0.4, 0.5) is 10.6 Å². The first-order valence-corrected chi connectivity index (χ1v) is 4.35. The summed E-state index contributed by atoms with van der Waals surface area (Å²) in [5.41, 5.74) is 2.86. The topological polar surface area (TPSA) is 100 Å². The van der Waals surface area contributed by atoms with Crippen molar-refractivity contribution < 1.29 is 4.79 Å². The van der Waals surface area contributed by atoms with Gasteiger partial charge in [0.15, 0.2) is 0 Å². The molecule has 6 N–H and O–H groups in total. The lowest BCUT2D eigenvalue weighted by atomic mass is 10.2. The van der Waals surface area contributed by atoms with Crippen molar-refractivity contribution in [1.82, 2.24) is 10.4 Å². The summed E-state index contributed by atoms with van der Waals surface area (Å²) >= 11 is 0. The molecule has 0 unspecified atom stereocenters. The number of H-pyrrole nitrogens is 1. The number of carbonyl (C=O) groups is 1. The van der Waals surface area contributed by atoms with Gasteiger partial charge in [-0.25, -0.2) is 21.5 Å². The number of amides is 2. The van der Waals surface area contributed by atoms with Gasteiger partial charge in [0.1, 0.15) is 5.82 Å². The molecule has 1 heterocycles. The quantitative estimate of drug-likeness (QED) is 0.308. The molecule has 0 saturated heterocycles. The van der Waals surface area contributed by atoms with Crippen molar-refractivity contribution in [2.45, 2.75) is 0 Å². The molecule has 2 aromatic rings. The third-order valence-corrected chi connectivity index (χ3v) is 2.12. The molecule has 0 saturated carbocycles. The Morgan fingerprint density at radius 2 is 2.13 bits per heavy atom. The van der Waals surface area contributed by atoms with Crippen molar-refractivity contribution >= 4 is 22.8 Å². The molecule has 2 rings (SSSR count). The van der Waals surface area contributed by atoms with Crippen molar-refractivity contribution in [3.05, 3.63) is 30.3 Å². The number of fused-ring (bicyclic) bond motifs is 1. The fourth-order valence-electron chi connectivity index (χ4n) is 1.37. The first-order chi connectivity index (χ1) is 7.22. The van der Waals surface area contributed by atoms with E-state index >= 15 is 0 Å². The molecule has 78 valence electrons. The molecule has 15 heavy (non-hydrogen) atoms. The third kappa shape index (κ3) is 1.63. The maximum absolute atomic E-state index is 11.1. The maximum atomic E-state index is 11.1. The highest BCUT2D eigenvalue weighted by Crippen LogP contribution is 2.19. The zero-order chi connectivity index (χ0) is 10.8. The van der Waals surface area contributed by atoms with E-state index in [-0.39, 0.29) is 0 Å². The lowest BCUT2D eigenvalue weighted by molar-refractivity contribution is 0.246. The van der Waals surface area contributed by atoms with Gasteiger partial charge in [-0.3, -0.25) is 5.43 Å². The minimum Gasteiger partial charge on any atom is -0.340 e. The standard InChI is InChI=1S/C9H11N5O/c10-13-9(15)14(11)8-5-6-3-1-2-4-7(6)12-8/h1-5,12H,10-11H2,(H,13,15). The number of aromatic nitrogens is 1. The van der Waals surface area contributed by atoms with Crippen LogP contribution in [0.25, 0.3) is 10.9 Å². The fourth-order valence-corrected chi connectivity index (χ4v) is 1.37. The van der Waals surface area contributed by atoms with Crippen LogP contribution in [0.3, 0.4) is 0 Å². The van der Waals surface area contributed by atoms with Crippen molar-refractivity contribution in [2.75, 3.05) is 5.01 Å². The number of nitrogens with two attached hydrogens (primary N) is 2. The van der Waals surface area contributed by atoms with Gasteiger partial charge in [-0.1, -0.05) is 18.2 Å². The Labute approximate surface area is 85.8 Å². The molecule has 0 bridgehead atoms. The highest BCUT2D eigenvalue weighted by molar-refractivity contribution is 5.93. The average Bonchev–Trinajstić information content (AvgIpc) is 2.70. The first-order valence-electron chi connectivity index (χ1n) is 4.35. The molecule has 0 atom stereocenters. The molecule has 6 nitrogen and oxygen atoms in total. The molecule has 0 spiro atoms. The molecule has 0 aliphatic rings. The van der Waals surface area contributed by atoms with Gasteiger partial charge in [-0.05, 0) is 12.1 Å². The number of hydrazine groups is 2. The van der Waals surface area contributed by atoms with Crippen LogP contribution in [0.2, 0.25) is 0 Å². The molecule has 0 aliphatic heterocycles. The van der Waals surface area contributed by atoms with E-state index < -0.39 is 6.03 Å². The zero-order valence-corrected chi connectivity index (χ0v) is 7.90. The predicted octanol–water partition coefficient (Wildman–Crippen LogP) is 0.431. The normalized spacial score (nSPS) is 10.3. The van der Waals surface area contributed by atoms with Crippen LogP contribution >= 0.6 is 0 Å². The van der Waals surface area contributed by atoms with Gasteiger partial charge >= 0.3 is 6.03 Å². The highest BCUT2D eigenvalue weighted by atomic mass is 16.2. The van der Waals surface area contributed by atoms with Crippen LogP contribution in [0.15, 0.2) is 30.3 Å². The van der Waals surface area contributed by atoms with Gasteiger partial charge in [-0.2, -0.15) is 0 Å². The molecular weight excluding hydrogens is 194 g/mol. The molecule has 0 aliphatic carbocycles. The monoisotopic (exact) mass is 205 g/mol. The lowest BCUT2D eigenvalue weighted by Gasteiger charge is -2.12. The molecule has 0 radical (unpaired) electrons. The maximum Gasteiger partial charge on any atom is 0.351 e. The number of para-hydroxylation sites is 1. The Bertz CT molecular complexity index is 459. The molecular formula is C9H11N5O. The highest BCUT2D eigenvalue weighted by Gasteiger charge is 2.11. The summed E-state index contributed by atoms with van der Waals surface area (Å²) in [5.74, 6) is 11.0. The van der Waals surface area contributed by atoms with E-state index in [0.717, 1.165) is 15.9 Å². The summed E-state index contributed by atoms with van der Waals surface area (Å²) in [4.78, 5) is 14.1. The molecule has 1 aromatic heterocycles. The summed E-state index contributed by atoms with van der Waals surface area (Å²) in [7, 11) is 0. The molecule has 6 heteroatoms. The van der Waals surface area contributed by atoms with Crippen LogP contribution in [0.5, 0.6) is 0 Å². The Hall–Kier alpha value is -2.05. The second kappa shape index (κ2) is 3.60. The zero-order valence-electron chi connectivity index (χ0n) is 7.90. The number of hydrogen-bond donors (Lipinski definition) is 4. The van der Waals surface area contributed by atoms with E-state index in [9.17, 15) is 4.79 Å². The van der Waals surface area contributed by atoms with Crippen molar-refractivity contribution in [3.8, 4) is 0 Å². The van der Waals surface area contributed by atoms with E-state index in [1.54, 1.807) is 6.07 Å². The summed E-state index contributed by atoms with van der Waals surface area (Å²) in [6, 6.07) is 8.80. The van der Waals surface area contributed by atoms with E-state index in [2.05, 4.69) is 4.98 Å². The minimum atomic E-state index is -0.582. The summed E-state index contributed by atoms with van der Waals surface area (Å²) in [5, 5.41) is 1.90. The number of hydrogen-bond acceptors (Lipinski definition) is 3. The number of anilines is 1. The Morgan fingerprint density at radius 3 is 2.80 bits per heavy atom. The van der Waals surface area contributed by atoms with E-state index in [1.165, 1.54) is 0 Å². The minimum absolute atomic E-state index is 0.485. The van der Waals surface area contributed by atoms with Gasteiger partial charge in [0.2, 0.25) is 0 Å². The Balaban J connectivity index is 2.40. The van der Waals surface area contributed by atoms with E-state index in [1.807, 2.05) is 29.7 Å². The number of carbonyl (C=O) groups excluding carboxylic acids is 1. The van der Waals surface area contributed by atoms with Crippen LogP contribution in [0.1, 0.15) is 0 Å². The van der Waals surface area contributed by atoms with Gasteiger partial charge in [0.25, 0.3) is 0 Å². The van der Waals surface area contributed by atoms with Crippen LogP contribution in [0, 0.1) is 0 Å². The average molecular weight is 205 g/mol. The van der Waals surface area contributed by atoms with E-state index in [4.69, 9.17) is 11.7 Å². The third-order valence-electron chi connectivity index (χ3n) is 2.12. The van der Waals surface area contributed by atoms with Crippen molar-refractivity contribution in [3.63, 3.8) is 0 Å². The smallest absolute Gasteiger partial charge is 0.340 e. The number of nitrogens with zero attached hydrogens (tertiary/aromatic N) is 1. The molecule has 0 fully saturated rings. The lowest BCUT2D eigenvalue weighted by Crippen LogP contribution is -2.47. The van der Waals surface area contributed by atoms with E-state index in [0.29, 0.717) is 5.82 Å². The summed E-state index contributed by atoms with van der Waals surface area (Å²) in [6.45, 7) is 0. The summed E-state index contributed by atoms with van der Waals surface area (Å²) < 4.78 is 0. The van der Waals surface area contributed by atoms with Gasteiger partial charge < -0.3 is 4.98 Å². The SMILES string of the molecule is NNC(=O)N(N)c1cc2ccccc2[nH]1. The first kappa shape index (κ1) is 9.50. The number of urea groups is 1. The largest absolute Gasteiger partial charge is 0.351 e. The fraction of sp³-hybridized carbons (Fsp3) is 0.